The monoisotopic (exact) mass is 289 g/mol. The second-order valence-corrected chi connectivity index (χ2v) is 2.83. The van der Waals surface area contributed by atoms with Crippen LogP contribution in [0.25, 0.3) is 0 Å². The number of nitrogens with two attached hydrogens (primary N) is 2. The Morgan fingerprint density at radius 2 is 0.667 bits per heavy atom. The van der Waals surface area contributed by atoms with Crippen LogP contribution in [-0.4, -0.2) is 52.4 Å². The quantitative estimate of drug-likeness (QED) is 0.248. The van der Waals surface area contributed by atoms with E-state index in [0.29, 0.717) is 13.1 Å². The van der Waals surface area contributed by atoms with E-state index in [-0.39, 0.29) is 23.5 Å². The summed E-state index contributed by atoms with van der Waals surface area (Å²) in [5, 5.41) is 9.71. The maximum Gasteiger partial charge on any atom is 0.00772 e. The van der Waals surface area contributed by atoms with E-state index in [1.807, 2.05) is 0 Å². The van der Waals surface area contributed by atoms with Crippen molar-refractivity contribution in [2.24, 2.45) is 11.5 Å². The second kappa shape index (κ2) is 36.0. The maximum absolute atomic E-state index is 5.32. The van der Waals surface area contributed by atoms with Gasteiger partial charge in [0.1, 0.15) is 0 Å². The van der Waals surface area contributed by atoms with Crippen LogP contribution in [0.15, 0.2) is 0 Å². The molecule has 18 heavy (non-hydrogen) atoms. The molecule has 7 N–H and O–H groups in total. The molecule has 0 aliphatic carbocycles. The first-order chi connectivity index (χ1) is 6.41. The van der Waals surface area contributed by atoms with Crippen LogP contribution in [0, 0.1) is 0 Å². The van der Waals surface area contributed by atoms with Crippen molar-refractivity contribution in [1.82, 2.24) is 16.0 Å². The first-order valence-electron chi connectivity index (χ1n) is 4.94. The summed E-state index contributed by atoms with van der Waals surface area (Å²) >= 11 is 0. The van der Waals surface area contributed by atoms with Gasteiger partial charge in [0.2, 0.25) is 0 Å². The van der Waals surface area contributed by atoms with Crippen molar-refractivity contribution in [3.63, 3.8) is 0 Å². The standard InChI is InChI=1S/C8H23N5.5FH/c9-1-3-11-5-7-13-8-6-12-4-2-10;;;;;/h11-13H,1-10H2;5*1H. The third-order valence-electron chi connectivity index (χ3n) is 1.60. The molecule has 0 saturated carbocycles. The molecule has 0 aliphatic rings. The fourth-order valence-corrected chi connectivity index (χ4v) is 0.933. The maximum atomic E-state index is 5.32. The summed E-state index contributed by atoms with van der Waals surface area (Å²) in [6.07, 6.45) is 0. The van der Waals surface area contributed by atoms with Crippen molar-refractivity contribution in [2.45, 2.75) is 0 Å². The fourth-order valence-electron chi connectivity index (χ4n) is 0.933. The first kappa shape index (κ1) is 36.0. The lowest BCUT2D eigenvalue weighted by Gasteiger charge is -2.06. The van der Waals surface area contributed by atoms with Crippen LogP contribution >= 0.6 is 0 Å². The highest BCUT2D eigenvalue weighted by Gasteiger charge is 1.87. The molecule has 0 aromatic rings. The molecule has 0 radical (unpaired) electrons. The lowest BCUT2D eigenvalue weighted by molar-refractivity contribution is 0.586. The molecule has 0 amide bonds. The van der Waals surface area contributed by atoms with Crippen LogP contribution < -0.4 is 27.4 Å². The highest BCUT2D eigenvalue weighted by molar-refractivity contribution is 4.54. The van der Waals surface area contributed by atoms with Crippen LogP contribution in [-0.2, 0) is 0 Å². The zero-order valence-electron chi connectivity index (χ0n) is 10.4. The van der Waals surface area contributed by atoms with E-state index in [1.54, 1.807) is 0 Å². The lowest BCUT2D eigenvalue weighted by atomic mass is 10.5. The van der Waals surface area contributed by atoms with Crippen molar-refractivity contribution in [2.75, 3.05) is 52.4 Å². The smallest absolute Gasteiger partial charge is 0.00772 e. The molecule has 0 atom stereocenters. The van der Waals surface area contributed by atoms with Gasteiger partial charge in [0.25, 0.3) is 0 Å². The van der Waals surface area contributed by atoms with Crippen molar-refractivity contribution < 1.29 is 23.5 Å². The molecule has 0 spiro atoms. The normalized spacial score (nSPS) is 7.67. The van der Waals surface area contributed by atoms with E-state index in [0.717, 1.165) is 39.3 Å². The van der Waals surface area contributed by atoms with Gasteiger partial charge in [-0.1, -0.05) is 0 Å². The summed E-state index contributed by atoms with van der Waals surface area (Å²) in [6.45, 7) is 7.15. The molecule has 0 saturated heterocycles. The van der Waals surface area contributed by atoms with Gasteiger partial charge < -0.3 is 27.4 Å². The molecule has 0 aromatic heterocycles. The van der Waals surface area contributed by atoms with Crippen LogP contribution in [0.4, 0.5) is 23.5 Å². The Labute approximate surface area is 104 Å². The van der Waals surface area contributed by atoms with Gasteiger partial charge in [0.15, 0.2) is 0 Å². The number of nitrogens with one attached hydrogen (secondary N) is 3. The largest absolute Gasteiger partial charge is 0.329 e. The number of halogens is 5. The summed E-state index contributed by atoms with van der Waals surface area (Å²) < 4.78 is 0. The highest BCUT2D eigenvalue weighted by atomic mass is 19.0. The Hall–Kier alpha value is -0.550. The number of rotatable bonds is 10. The summed E-state index contributed by atoms with van der Waals surface area (Å²) in [5.74, 6) is 0. The Kier molecular flexibility index (Phi) is 72.0. The van der Waals surface area contributed by atoms with Gasteiger partial charge in [-0.3, -0.25) is 23.5 Å². The van der Waals surface area contributed by atoms with Gasteiger partial charge in [-0.2, -0.15) is 0 Å². The Morgan fingerprint density at radius 1 is 0.444 bits per heavy atom. The second-order valence-electron chi connectivity index (χ2n) is 2.83. The van der Waals surface area contributed by atoms with Gasteiger partial charge in [0, 0.05) is 52.4 Å². The molecule has 10 heteroatoms. The minimum Gasteiger partial charge on any atom is -0.329 e. The van der Waals surface area contributed by atoms with Gasteiger partial charge in [-0.25, -0.2) is 0 Å². The first-order valence-corrected chi connectivity index (χ1v) is 4.94. The average Bonchev–Trinajstić information content (AvgIpc) is 2.16. The molecule has 0 aromatic carbocycles. The van der Waals surface area contributed by atoms with Crippen LogP contribution in [0.2, 0.25) is 0 Å². The van der Waals surface area contributed by atoms with Crippen molar-refractivity contribution in [3.05, 3.63) is 0 Å². The van der Waals surface area contributed by atoms with E-state index in [4.69, 9.17) is 11.5 Å². The Balaban J connectivity index is -0.0000000720. The van der Waals surface area contributed by atoms with Crippen LogP contribution in [0.1, 0.15) is 0 Å². The van der Waals surface area contributed by atoms with Gasteiger partial charge in [0.05, 0.1) is 0 Å². The third-order valence-corrected chi connectivity index (χ3v) is 1.60. The third kappa shape index (κ3) is 36.1. The molecule has 0 fully saturated rings. The lowest BCUT2D eigenvalue weighted by Crippen LogP contribution is -2.35. The SMILES string of the molecule is F.F.F.F.F.NCCNCCNCCNCCN. The van der Waals surface area contributed by atoms with E-state index in [1.165, 1.54) is 0 Å². The molecular weight excluding hydrogens is 261 g/mol. The molecule has 120 valence electrons. The molecular formula is C8H28F5N5. The van der Waals surface area contributed by atoms with Crippen LogP contribution in [0.5, 0.6) is 0 Å². The predicted molar refractivity (Wildman–Crippen MR) is 69.2 cm³/mol. The van der Waals surface area contributed by atoms with Gasteiger partial charge in [-0.05, 0) is 0 Å². The van der Waals surface area contributed by atoms with Gasteiger partial charge >= 0.3 is 0 Å². The summed E-state index contributed by atoms with van der Waals surface area (Å²) in [4.78, 5) is 0. The van der Waals surface area contributed by atoms with Gasteiger partial charge in [-0.15, -0.1) is 0 Å². The van der Waals surface area contributed by atoms with E-state index in [2.05, 4.69) is 16.0 Å². The minimum absolute atomic E-state index is 0. The van der Waals surface area contributed by atoms with Crippen molar-refractivity contribution >= 4 is 0 Å². The highest BCUT2D eigenvalue weighted by Crippen LogP contribution is 1.60. The minimum atomic E-state index is 0. The van der Waals surface area contributed by atoms with Crippen molar-refractivity contribution in [1.29, 1.82) is 0 Å². The zero-order chi connectivity index (χ0) is 9.78. The summed E-state index contributed by atoms with van der Waals surface area (Å²) in [6, 6.07) is 0. The average molecular weight is 289 g/mol. The molecule has 0 aliphatic heterocycles. The Morgan fingerprint density at radius 3 is 0.889 bits per heavy atom. The summed E-state index contributed by atoms with van der Waals surface area (Å²) in [5.41, 5.74) is 10.6. The van der Waals surface area contributed by atoms with Crippen LogP contribution in [0.3, 0.4) is 0 Å². The zero-order valence-corrected chi connectivity index (χ0v) is 10.4. The molecule has 0 unspecified atom stereocenters. The van der Waals surface area contributed by atoms with E-state index in [9.17, 15) is 0 Å². The predicted octanol–water partition coefficient (Wildman–Crippen LogP) is -1.56. The molecule has 0 rings (SSSR count). The molecule has 0 heterocycles. The number of hydrogen-bond donors (Lipinski definition) is 5. The Bertz CT molecular complexity index is 93.9. The fraction of sp³-hybridized carbons (Fsp3) is 1.00. The van der Waals surface area contributed by atoms with Crippen molar-refractivity contribution in [3.8, 4) is 0 Å². The topological polar surface area (TPSA) is 88.1 Å². The molecule has 0 bridgehead atoms. The van der Waals surface area contributed by atoms with E-state index >= 15 is 0 Å². The summed E-state index contributed by atoms with van der Waals surface area (Å²) in [7, 11) is 0. The molecule has 5 nitrogen and oxygen atoms in total. The number of hydrogen-bond acceptors (Lipinski definition) is 5. The van der Waals surface area contributed by atoms with E-state index < -0.39 is 0 Å².